The van der Waals surface area contributed by atoms with Gasteiger partial charge in [0, 0.05) is 18.7 Å². The third-order valence-electron chi connectivity index (χ3n) is 3.21. The molecule has 0 aliphatic heterocycles. The van der Waals surface area contributed by atoms with Crippen LogP contribution >= 0.6 is 0 Å². The van der Waals surface area contributed by atoms with Crippen molar-refractivity contribution in [3.8, 4) is 5.75 Å². The maximum atomic E-state index is 5.81. The molecule has 1 unspecified atom stereocenters. The summed E-state index contributed by atoms with van der Waals surface area (Å²) in [4.78, 5) is 0. The van der Waals surface area contributed by atoms with E-state index in [1.807, 2.05) is 18.2 Å². The third-order valence-corrected chi connectivity index (χ3v) is 3.21. The molecule has 20 heavy (non-hydrogen) atoms. The molecule has 114 valence electrons. The van der Waals surface area contributed by atoms with Gasteiger partial charge in [-0.1, -0.05) is 45.4 Å². The maximum absolute atomic E-state index is 5.81. The predicted molar refractivity (Wildman–Crippen MR) is 84.2 cm³/mol. The van der Waals surface area contributed by atoms with Crippen molar-refractivity contribution in [2.45, 2.75) is 40.2 Å². The van der Waals surface area contributed by atoms with Crippen LogP contribution in [0.25, 0.3) is 0 Å². The quantitative estimate of drug-likeness (QED) is 0.627. The van der Waals surface area contributed by atoms with E-state index in [4.69, 9.17) is 9.47 Å². The minimum atomic E-state index is 0.613. The van der Waals surface area contributed by atoms with Crippen molar-refractivity contribution in [1.82, 2.24) is 5.32 Å². The summed E-state index contributed by atoms with van der Waals surface area (Å²) in [6, 6.07) is 8.17. The third kappa shape index (κ3) is 6.92. The fourth-order valence-electron chi connectivity index (χ4n) is 2.12. The lowest BCUT2D eigenvalue weighted by atomic mass is 10.1. The fourth-order valence-corrected chi connectivity index (χ4v) is 2.12. The van der Waals surface area contributed by atoms with E-state index in [2.05, 4.69) is 32.2 Å². The summed E-state index contributed by atoms with van der Waals surface area (Å²) >= 11 is 0. The first-order valence-corrected chi connectivity index (χ1v) is 7.77. The number of hydrogen-bond acceptors (Lipinski definition) is 3. The zero-order valence-electron chi connectivity index (χ0n) is 13.2. The summed E-state index contributed by atoms with van der Waals surface area (Å²) in [6.07, 6.45) is 2.45. The lowest BCUT2D eigenvalue weighted by Crippen LogP contribution is -2.15. The van der Waals surface area contributed by atoms with Crippen LogP contribution in [0.3, 0.4) is 0 Å². The Bertz CT molecular complexity index is 355. The average Bonchev–Trinajstić information content (AvgIpc) is 2.46. The van der Waals surface area contributed by atoms with E-state index in [0.29, 0.717) is 19.1 Å². The van der Waals surface area contributed by atoms with Crippen LogP contribution in [-0.2, 0) is 11.3 Å². The van der Waals surface area contributed by atoms with E-state index in [0.717, 1.165) is 25.4 Å². The van der Waals surface area contributed by atoms with Gasteiger partial charge in [0.15, 0.2) is 0 Å². The molecular formula is C17H29NO2. The predicted octanol–water partition coefficient (Wildman–Crippen LogP) is 3.63. The van der Waals surface area contributed by atoms with E-state index in [1.54, 1.807) is 0 Å². The number of ether oxygens (including phenoxy) is 2. The minimum Gasteiger partial charge on any atom is -0.491 e. The molecule has 0 aromatic heterocycles. The lowest BCUT2D eigenvalue weighted by molar-refractivity contribution is 0.0755. The van der Waals surface area contributed by atoms with Gasteiger partial charge in [0.25, 0.3) is 0 Å². The highest BCUT2D eigenvalue weighted by atomic mass is 16.5. The molecule has 0 saturated carbocycles. The Kier molecular flexibility index (Phi) is 9.09. The van der Waals surface area contributed by atoms with Crippen molar-refractivity contribution < 1.29 is 9.47 Å². The Morgan fingerprint density at radius 3 is 2.70 bits per heavy atom. The highest BCUT2D eigenvalue weighted by Gasteiger charge is 2.03. The first-order valence-electron chi connectivity index (χ1n) is 7.77. The van der Waals surface area contributed by atoms with Gasteiger partial charge in [-0.15, -0.1) is 0 Å². The van der Waals surface area contributed by atoms with Crippen LogP contribution in [0.4, 0.5) is 0 Å². The molecule has 3 nitrogen and oxygen atoms in total. The van der Waals surface area contributed by atoms with Crippen molar-refractivity contribution >= 4 is 0 Å². The molecule has 1 atom stereocenters. The number of para-hydroxylation sites is 1. The van der Waals surface area contributed by atoms with Gasteiger partial charge >= 0.3 is 0 Å². The minimum absolute atomic E-state index is 0.613. The van der Waals surface area contributed by atoms with E-state index in [9.17, 15) is 0 Å². The van der Waals surface area contributed by atoms with Crippen LogP contribution < -0.4 is 10.1 Å². The molecule has 1 N–H and O–H groups in total. The van der Waals surface area contributed by atoms with Gasteiger partial charge in [-0.3, -0.25) is 0 Å². The lowest BCUT2D eigenvalue weighted by Gasteiger charge is -2.13. The molecular weight excluding hydrogens is 250 g/mol. The van der Waals surface area contributed by atoms with E-state index >= 15 is 0 Å². The summed E-state index contributed by atoms with van der Waals surface area (Å²) in [5.74, 6) is 1.60. The molecule has 0 spiro atoms. The summed E-state index contributed by atoms with van der Waals surface area (Å²) < 4.78 is 11.5. The highest BCUT2D eigenvalue weighted by Crippen LogP contribution is 2.17. The summed E-state index contributed by atoms with van der Waals surface area (Å²) in [6.45, 7) is 10.5. The van der Waals surface area contributed by atoms with Gasteiger partial charge in [-0.05, 0) is 24.9 Å². The Hall–Kier alpha value is -1.06. The smallest absolute Gasteiger partial charge is 0.123 e. The standard InChI is InChI=1S/C17H29NO2/c1-4-8-15(3)14-19-11-12-20-17-10-7-6-9-16(17)13-18-5-2/h6-7,9-10,15,18H,4-5,8,11-14H2,1-3H3. The fraction of sp³-hybridized carbons (Fsp3) is 0.647. The van der Waals surface area contributed by atoms with Crippen LogP contribution in [0.1, 0.15) is 39.2 Å². The molecule has 1 rings (SSSR count). The molecule has 0 aliphatic carbocycles. The molecule has 0 heterocycles. The summed E-state index contributed by atoms with van der Waals surface area (Å²) in [7, 11) is 0. The molecule has 1 aromatic rings. The zero-order valence-corrected chi connectivity index (χ0v) is 13.2. The van der Waals surface area contributed by atoms with Gasteiger partial charge in [0.05, 0.1) is 6.61 Å². The van der Waals surface area contributed by atoms with Crippen LogP contribution in [0.15, 0.2) is 24.3 Å². The van der Waals surface area contributed by atoms with Crippen LogP contribution in [0.5, 0.6) is 5.75 Å². The number of nitrogens with one attached hydrogen (secondary N) is 1. The van der Waals surface area contributed by atoms with Gasteiger partial charge in [-0.2, -0.15) is 0 Å². The second-order valence-electron chi connectivity index (χ2n) is 5.21. The van der Waals surface area contributed by atoms with Crippen molar-refractivity contribution in [3.63, 3.8) is 0 Å². The molecule has 0 radical (unpaired) electrons. The normalized spacial score (nSPS) is 12.3. The van der Waals surface area contributed by atoms with Gasteiger partial charge < -0.3 is 14.8 Å². The molecule has 0 aliphatic rings. The van der Waals surface area contributed by atoms with Gasteiger partial charge in [0.2, 0.25) is 0 Å². The van der Waals surface area contributed by atoms with Crippen molar-refractivity contribution in [3.05, 3.63) is 29.8 Å². The SMILES string of the molecule is CCCC(C)COCCOc1ccccc1CNCC. The van der Waals surface area contributed by atoms with E-state index in [1.165, 1.54) is 18.4 Å². The summed E-state index contributed by atoms with van der Waals surface area (Å²) in [5.41, 5.74) is 1.20. The Morgan fingerprint density at radius 1 is 1.15 bits per heavy atom. The molecule has 3 heteroatoms. The highest BCUT2D eigenvalue weighted by molar-refractivity contribution is 5.33. The molecule has 0 fully saturated rings. The second-order valence-corrected chi connectivity index (χ2v) is 5.21. The first-order chi connectivity index (χ1) is 9.77. The van der Waals surface area contributed by atoms with Gasteiger partial charge in [0.1, 0.15) is 12.4 Å². The Balaban J connectivity index is 2.24. The Labute approximate surface area is 123 Å². The maximum Gasteiger partial charge on any atom is 0.123 e. The van der Waals surface area contributed by atoms with Crippen molar-refractivity contribution in [2.24, 2.45) is 5.92 Å². The van der Waals surface area contributed by atoms with Gasteiger partial charge in [-0.25, -0.2) is 0 Å². The average molecular weight is 279 g/mol. The second kappa shape index (κ2) is 10.7. The van der Waals surface area contributed by atoms with Crippen molar-refractivity contribution in [1.29, 1.82) is 0 Å². The van der Waals surface area contributed by atoms with Crippen LogP contribution in [0, 0.1) is 5.92 Å². The molecule has 0 saturated heterocycles. The monoisotopic (exact) mass is 279 g/mol. The molecule has 0 bridgehead atoms. The Morgan fingerprint density at radius 2 is 1.95 bits per heavy atom. The van der Waals surface area contributed by atoms with E-state index in [-0.39, 0.29) is 0 Å². The zero-order chi connectivity index (χ0) is 14.6. The number of benzene rings is 1. The first kappa shape index (κ1) is 17.0. The number of hydrogen-bond donors (Lipinski definition) is 1. The largest absolute Gasteiger partial charge is 0.491 e. The molecule has 0 amide bonds. The number of rotatable bonds is 11. The van der Waals surface area contributed by atoms with Crippen molar-refractivity contribution in [2.75, 3.05) is 26.4 Å². The van der Waals surface area contributed by atoms with E-state index < -0.39 is 0 Å². The topological polar surface area (TPSA) is 30.5 Å². The molecule has 1 aromatic carbocycles. The van der Waals surface area contributed by atoms with Crippen LogP contribution in [0.2, 0.25) is 0 Å². The van der Waals surface area contributed by atoms with Crippen LogP contribution in [-0.4, -0.2) is 26.4 Å². The summed E-state index contributed by atoms with van der Waals surface area (Å²) in [5, 5.41) is 3.32.